The van der Waals surface area contributed by atoms with Crippen LogP contribution in [0.3, 0.4) is 0 Å². The van der Waals surface area contributed by atoms with E-state index in [1.54, 1.807) is 0 Å². The van der Waals surface area contributed by atoms with Gasteiger partial charge in [0.2, 0.25) is 0 Å². The molecule has 0 aromatic heterocycles. The second-order valence-electron chi connectivity index (χ2n) is 23.1. The largest absolute Gasteiger partial charge is 0.479 e. The Hall–Kier alpha value is -2.28. The third-order valence-corrected chi connectivity index (χ3v) is 15.7. The third kappa shape index (κ3) is 44.1. The lowest BCUT2D eigenvalue weighted by Gasteiger charge is -2.40. The third-order valence-electron chi connectivity index (χ3n) is 15.7. The Labute approximate surface area is 472 Å². The van der Waals surface area contributed by atoms with Crippen LogP contribution in [0, 0.1) is 0 Å². The van der Waals surface area contributed by atoms with Gasteiger partial charge >= 0.3 is 23.9 Å². The monoisotopic (exact) mass is 1090 g/mol. The molecule has 3 N–H and O–H groups in total. The molecular weight excluding hydrogens is 973 g/mol. The highest BCUT2D eigenvalue weighted by molar-refractivity contribution is 5.74. The highest BCUT2D eigenvalue weighted by atomic mass is 16.7. The van der Waals surface area contributed by atoms with E-state index in [9.17, 15) is 34.5 Å². The molecule has 1 saturated heterocycles. The highest BCUT2D eigenvalue weighted by Gasteiger charge is 2.50. The van der Waals surface area contributed by atoms with Crippen molar-refractivity contribution in [1.82, 2.24) is 0 Å². The summed E-state index contributed by atoms with van der Waals surface area (Å²) >= 11 is 0. The van der Waals surface area contributed by atoms with Gasteiger partial charge in [0.25, 0.3) is 0 Å². The normalized spacial score (nSPS) is 17.9. The summed E-state index contributed by atoms with van der Waals surface area (Å²) in [6, 6.07) is 0. The summed E-state index contributed by atoms with van der Waals surface area (Å²) in [5.74, 6) is -3.07. The van der Waals surface area contributed by atoms with E-state index < -0.39 is 67.3 Å². The van der Waals surface area contributed by atoms with Gasteiger partial charge in [-0.05, 0) is 19.3 Å². The van der Waals surface area contributed by atoms with Crippen molar-refractivity contribution in [2.75, 3.05) is 13.2 Å². The van der Waals surface area contributed by atoms with Crippen LogP contribution in [-0.4, -0.2) is 89.2 Å². The lowest BCUT2D eigenvalue weighted by molar-refractivity contribution is -0.301. The highest BCUT2D eigenvalue weighted by Crippen LogP contribution is 2.27. The molecule has 6 unspecified atom stereocenters. The second kappa shape index (κ2) is 54.3. The van der Waals surface area contributed by atoms with E-state index in [1.165, 1.54) is 218 Å². The Morgan fingerprint density at radius 1 is 0.377 bits per heavy atom. The van der Waals surface area contributed by atoms with Gasteiger partial charge in [-0.2, -0.15) is 0 Å². The van der Waals surface area contributed by atoms with Gasteiger partial charge < -0.3 is 39.0 Å². The van der Waals surface area contributed by atoms with E-state index in [0.717, 1.165) is 64.2 Å². The van der Waals surface area contributed by atoms with Crippen LogP contribution < -0.4 is 0 Å². The van der Waals surface area contributed by atoms with Crippen molar-refractivity contribution in [3.05, 3.63) is 0 Å². The molecule has 6 atom stereocenters. The zero-order valence-electron chi connectivity index (χ0n) is 50.2. The first kappa shape index (κ1) is 72.7. The molecule has 0 bridgehead atoms. The first-order valence-electron chi connectivity index (χ1n) is 33.0. The first-order valence-corrected chi connectivity index (χ1v) is 33.0. The van der Waals surface area contributed by atoms with E-state index >= 15 is 0 Å². The van der Waals surface area contributed by atoms with Crippen LogP contribution in [0.5, 0.6) is 0 Å². The maximum Gasteiger partial charge on any atom is 0.335 e. The molecule has 0 amide bonds. The molecule has 1 fully saturated rings. The number of aliphatic hydroxyl groups excluding tert-OH is 2. The number of carbonyl (C=O) groups is 4. The van der Waals surface area contributed by atoms with Crippen LogP contribution in [0.15, 0.2) is 0 Å². The summed E-state index contributed by atoms with van der Waals surface area (Å²) < 4.78 is 28.5. The van der Waals surface area contributed by atoms with Gasteiger partial charge in [0.05, 0.1) is 6.61 Å². The molecule has 0 spiro atoms. The summed E-state index contributed by atoms with van der Waals surface area (Å²) in [5, 5.41) is 31.5. The average molecular weight is 1100 g/mol. The SMILES string of the molecule is CCCCCCCCCCCCCCCCCCCCCC(=O)OCC(COC1OC(C(=O)O)C(O)C(O)C1OC(=O)CCCCCCCCCCC)OC(=O)CCCCCCCCCCCCCCCCCCCCC. The topological polar surface area (TPSA) is 175 Å². The molecule has 1 rings (SSSR count). The Kier molecular flexibility index (Phi) is 51.3. The van der Waals surface area contributed by atoms with Crippen molar-refractivity contribution >= 4 is 23.9 Å². The second-order valence-corrected chi connectivity index (χ2v) is 23.1. The number of rotatable bonds is 58. The molecule has 0 saturated carbocycles. The van der Waals surface area contributed by atoms with Gasteiger partial charge in [0.1, 0.15) is 18.8 Å². The molecule has 1 aliphatic heterocycles. The number of esters is 3. The summed E-state index contributed by atoms with van der Waals surface area (Å²) in [6.07, 6.45) is 48.0. The quantitative estimate of drug-likeness (QED) is 0.0299. The Balaban J connectivity index is 2.58. The van der Waals surface area contributed by atoms with E-state index in [-0.39, 0.29) is 25.9 Å². The minimum atomic E-state index is -1.89. The zero-order chi connectivity index (χ0) is 56.1. The molecule has 12 heteroatoms. The van der Waals surface area contributed by atoms with E-state index in [1.807, 2.05) is 0 Å². The number of hydrogen-bond donors (Lipinski definition) is 3. The molecule has 1 aliphatic rings. The van der Waals surface area contributed by atoms with Crippen molar-refractivity contribution in [1.29, 1.82) is 0 Å². The van der Waals surface area contributed by atoms with Crippen molar-refractivity contribution in [2.24, 2.45) is 0 Å². The number of carbonyl (C=O) groups excluding carboxylic acids is 3. The van der Waals surface area contributed by atoms with Crippen molar-refractivity contribution in [3.8, 4) is 0 Å². The van der Waals surface area contributed by atoms with Crippen molar-refractivity contribution in [2.45, 2.75) is 379 Å². The number of aliphatic hydroxyl groups is 2. The molecule has 0 aromatic carbocycles. The summed E-state index contributed by atoms with van der Waals surface area (Å²) in [7, 11) is 0. The number of unbranched alkanes of at least 4 members (excludes halogenated alkanes) is 44. The Morgan fingerprint density at radius 2 is 0.662 bits per heavy atom. The lowest BCUT2D eigenvalue weighted by Crippen LogP contribution is -2.61. The minimum absolute atomic E-state index is 0.0689. The number of carboxylic acid groups (broad SMARTS) is 1. The molecule has 454 valence electrons. The fourth-order valence-corrected chi connectivity index (χ4v) is 10.6. The number of ether oxygens (including phenoxy) is 5. The molecular formula is C65H122O12. The molecule has 0 aliphatic carbocycles. The molecule has 1 heterocycles. The fourth-order valence-electron chi connectivity index (χ4n) is 10.6. The van der Waals surface area contributed by atoms with Crippen LogP contribution in [-0.2, 0) is 42.9 Å². The number of aliphatic carboxylic acids is 1. The standard InChI is InChI=1S/C65H122O12/c1-4-7-10-13-16-19-21-23-25-27-29-31-33-35-37-40-42-45-48-51-57(66)73-54-56(75-58(67)52-49-46-44-41-38-36-34-32-30-28-26-24-22-20-17-14-11-8-5-2)55-74-65-63(61(70)60(69)62(77-65)64(71)72)76-59(68)53-50-47-43-39-18-15-12-9-6-3/h56,60-63,65,69-70H,4-55H2,1-3H3,(H,71,72). The van der Waals surface area contributed by atoms with Crippen molar-refractivity contribution in [3.63, 3.8) is 0 Å². The summed E-state index contributed by atoms with van der Waals surface area (Å²) in [5.41, 5.74) is 0. The maximum absolute atomic E-state index is 13.2. The van der Waals surface area contributed by atoms with Gasteiger partial charge in [-0.1, -0.05) is 303 Å². The molecule has 0 aromatic rings. The predicted molar refractivity (Wildman–Crippen MR) is 313 cm³/mol. The van der Waals surface area contributed by atoms with Crippen LogP contribution in [0.25, 0.3) is 0 Å². The van der Waals surface area contributed by atoms with Gasteiger partial charge in [-0.25, -0.2) is 4.79 Å². The molecule has 12 nitrogen and oxygen atoms in total. The average Bonchev–Trinajstić information content (AvgIpc) is 3.42. The molecule has 0 radical (unpaired) electrons. The minimum Gasteiger partial charge on any atom is -0.479 e. The number of hydrogen-bond acceptors (Lipinski definition) is 11. The smallest absolute Gasteiger partial charge is 0.335 e. The maximum atomic E-state index is 13.2. The van der Waals surface area contributed by atoms with E-state index in [4.69, 9.17) is 23.7 Å². The van der Waals surface area contributed by atoms with Crippen molar-refractivity contribution < 1.29 is 58.2 Å². The van der Waals surface area contributed by atoms with Gasteiger partial charge in [-0.3, -0.25) is 14.4 Å². The van der Waals surface area contributed by atoms with Crippen LogP contribution >= 0.6 is 0 Å². The van der Waals surface area contributed by atoms with Gasteiger partial charge in [0, 0.05) is 19.3 Å². The Morgan fingerprint density at radius 3 is 0.974 bits per heavy atom. The molecule has 77 heavy (non-hydrogen) atoms. The Bertz CT molecular complexity index is 1340. The zero-order valence-corrected chi connectivity index (χ0v) is 50.2. The van der Waals surface area contributed by atoms with Gasteiger partial charge in [-0.15, -0.1) is 0 Å². The van der Waals surface area contributed by atoms with Crippen LogP contribution in [0.2, 0.25) is 0 Å². The van der Waals surface area contributed by atoms with Crippen LogP contribution in [0.4, 0.5) is 0 Å². The summed E-state index contributed by atoms with van der Waals surface area (Å²) in [6.45, 7) is 6.03. The van der Waals surface area contributed by atoms with Crippen LogP contribution in [0.1, 0.15) is 342 Å². The fraction of sp³-hybridized carbons (Fsp3) is 0.938. The van der Waals surface area contributed by atoms with E-state index in [0.29, 0.717) is 19.3 Å². The first-order chi connectivity index (χ1) is 37.6. The number of carboxylic acids is 1. The summed E-state index contributed by atoms with van der Waals surface area (Å²) in [4.78, 5) is 51.2. The lowest BCUT2D eigenvalue weighted by atomic mass is 9.98. The predicted octanol–water partition coefficient (Wildman–Crippen LogP) is 17.5. The van der Waals surface area contributed by atoms with E-state index in [2.05, 4.69) is 20.8 Å². The van der Waals surface area contributed by atoms with Gasteiger partial charge in [0.15, 0.2) is 24.6 Å².